The molecular formula is C12H22O2. The molecule has 1 unspecified atom stereocenters. The predicted octanol–water partition coefficient (Wildman–Crippen LogP) is 2.85. The van der Waals surface area contributed by atoms with Crippen LogP contribution in [0.3, 0.4) is 0 Å². The Morgan fingerprint density at radius 1 is 1.14 bits per heavy atom. The molecule has 0 saturated carbocycles. The molecule has 0 N–H and O–H groups in total. The summed E-state index contributed by atoms with van der Waals surface area (Å²) in [6.07, 6.45) is 0.385. The molecule has 0 aliphatic heterocycles. The van der Waals surface area contributed by atoms with Gasteiger partial charge in [0.1, 0.15) is 11.6 Å². The van der Waals surface area contributed by atoms with Crippen LogP contribution in [0.5, 0.6) is 0 Å². The third-order valence-electron chi connectivity index (χ3n) is 2.57. The van der Waals surface area contributed by atoms with E-state index in [2.05, 4.69) is 0 Å². The number of carbonyl (C=O) groups is 2. The van der Waals surface area contributed by atoms with Gasteiger partial charge >= 0.3 is 0 Å². The SMILES string of the molecule is CC(=O)C(CC(=O)C(C)(C)C)C(C)C. The summed E-state index contributed by atoms with van der Waals surface area (Å²) in [4.78, 5) is 23.0. The van der Waals surface area contributed by atoms with E-state index in [1.807, 2.05) is 34.6 Å². The van der Waals surface area contributed by atoms with E-state index in [0.29, 0.717) is 6.42 Å². The molecule has 0 aliphatic carbocycles. The molecule has 0 heterocycles. The molecule has 14 heavy (non-hydrogen) atoms. The number of carbonyl (C=O) groups excluding carboxylic acids is 2. The Morgan fingerprint density at radius 3 is 1.79 bits per heavy atom. The Kier molecular flexibility index (Phi) is 4.50. The first-order valence-corrected chi connectivity index (χ1v) is 5.20. The van der Waals surface area contributed by atoms with Gasteiger partial charge in [-0.3, -0.25) is 9.59 Å². The van der Waals surface area contributed by atoms with Crippen molar-refractivity contribution in [3.8, 4) is 0 Å². The third kappa shape index (κ3) is 4.03. The predicted molar refractivity (Wildman–Crippen MR) is 58.1 cm³/mol. The van der Waals surface area contributed by atoms with Crippen LogP contribution in [-0.4, -0.2) is 11.6 Å². The van der Waals surface area contributed by atoms with Crippen LogP contribution >= 0.6 is 0 Å². The van der Waals surface area contributed by atoms with Gasteiger partial charge in [0.25, 0.3) is 0 Å². The second-order valence-electron chi connectivity index (χ2n) is 5.34. The summed E-state index contributed by atoms with van der Waals surface area (Å²) in [7, 11) is 0. The maximum Gasteiger partial charge on any atom is 0.138 e. The largest absolute Gasteiger partial charge is 0.300 e. The van der Waals surface area contributed by atoms with Crippen LogP contribution in [0.2, 0.25) is 0 Å². The Balaban J connectivity index is 4.48. The summed E-state index contributed by atoms with van der Waals surface area (Å²) >= 11 is 0. The first-order chi connectivity index (χ1) is 6.16. The molecule has 2 heteroatoms. The maximum atomic E-state index is 11.7. The number of ketones is 2. The van der Waals surface area contributed by atoms with Crippen LogP contribution in [0, 0.1) is 17.3 Å². The second-order valence-corrected chi connectivity index (χ2v) is 5.34. The van der Waals surface area contributed by atoms with Crippen LogP contribution in [0.25, 0.3) is 0 Å². The van der Waals surface area contributed by atoms with Crippen molar-refractivity contribution in [3.63, 3.8) is 0 Å². The average molecular weight is 198 g/mol. The summed E-state index contributed by atoms with van der Waals surface area (Å²) in [5.74, 6) is 0.435. The standard InChI is InChI=1S/C12H22O2/c1-8(2)10(9(3)13)7-11(14)12(4,5)6/h8,10H,7H2,1-6H3. The van der Waals surface area contributed by atoms with Gasteiger partial charge < -0.3 is 0 Å². The number of rotatable bonds is 4. The Bertz CT molecular complexity index is 221. The molecule has 0 amide bonds. The molecule has 0 aromatic heterocycles. The molecule has 0 rings (SSSR count). The Labute approximate surface area is 87.1 Å². The van der Waals surface area contributed by atoms with Crippen LogP contribution in [0.4, 0.5) is 0 Å². The van der Waals surface area contributed by atoms with Crippen LogP contribution in [0.1, 0.15) is 48.0 Å². The third-order valence-corrected chi connectivity index (χ3v) is 2.57. The summed E-state index contributed by atoms with van der Waals surface area (Å²) < 4.78 is 0. The molecule has 1 atom stereocenters. The minimum absolute atomic E-state index is 0.110. The molecule has 0 bridgehead atoms. The van der Waals surface area contributed by atoms with Crippen molar-refractivity contribution in [2.24, 2.45) is 17.3 Å². The highest BCUT2D eigenvalue weighted by Crippen LogP contribution is 2.24. The highest BCUT2D eigenvalue weighted by Gasteiger charge is 2.28. The van der Waals surface area contributed by atoms with Crippen molar-refractivity contribution >= 4 is 11.6 Å². The van der Waals surface area contributed by atoms with Gasteiger partial charge in [-0.05, 0) is 12.8 Å². The van der Waals surface area contributed by atoms with Gasteiger partial charge in [-0.15, -0.1) is 0 Å². The summed E-state index contributed by atoms with van der Waals surface area (Å²) in [6.45, 7) is 11.2. The number of hydrogen-bond acceptors (Lipinski definition) is 2. The van der Waals surface area contributed by atoms with E-state index < -0.39 is 0 Å². The highest BCUT2D eigenvalue weighted by atomic mass is 16.1. The fourth-order valence-corrected chi connectivity index (χ4v) is 1.35. The van der Waals surface area contributed by atoms with E-state index in [9.17, 15) is 9.59 Å². The Hall–Kier alpha value is -0.660. The zero-order valence-electron chi connectivity index (χ0n) is 10.2. The molecular weight excluding hydrogens is 176 g/mol. The lowest BCUT2D eigenvalue weighted by molar-refractivity contribution is -0.132. The minimum atomic E-state index is -0.331. The zero-order valence-corrected chi connectivity index (χ0v) is 10.2. The van der Waals surface area contributed by atoms with E-state index in [1.54, 1.807) is 6.92 Å². The van der Waals surface area contributed by atoms with Gasteiger partial charge in [-0.2, -0.15) is 0 Å². The van der Waals surface area contributed by atoms with Crippen LogP contribution in [0.15, 0.2) is 0 Å². The number of Topliss-reactive ketones (excluding diaryl/α,β-unsaturated/α-hetero) is 2. The van der Waals surface area contributed by atoms with Gasteiger partial charge in [0.15, 0.2) is 0 Å². The normalized spacial score (nSPS) is 14.2. The first kappa shape index (κ1) is 13.3. The minimum Gasteiger partial charge on any atom is -0.300 e. The van der Waals surface area contributed by atoms with Gasteiger partial charge in [-0.1, -0.05) is 34.6 Å². The van der Waals surface area contributed by atoms with E-state index in [4.69, 9.17) is 0 Å². The van der Waals surface area contributed by atoms with Crippen molar-refractivity contribution < 1.29 is 9.59 Å². The fraction of sp³-hybridized carbons (Fsp3) is 0.833. The summed E-state index contributed by atoms with van der Waals surface area (Å²) in [5, 5.41) is 0. The summed E-state index contributed by atoms with van der Waals surface area (Å²) in [6, 6.07) is 0. The monoisotopic (exact) mass is 198 g/mol. The maximum absolute atomic E-state index is 11.7. The van der Waals surface area contributed by atoms with Crippen molar-refractivity contribution in [2.45, 2.75) is 48.0 Å². The molecule has 0 aliphatic rings. The van der Waals surface area contributed by atoms with E-state index in [1.165, 1.54) is 0 Å². The van der Waals surface area contributed by atoms with Crippen LogP contribution in [-0.2, 0) is 9.59 Å². The fourth-order valence-electron chi connectivity index (χ4n) is 1.35. The lowest BCUT2D eigenvalue weighted by Crippen LogP contribution is -2.28. The topological polar surface area (TPSA) is 34.1 Å². The lowest BCUT2D eigenvalue weighted by atomic mass is 9.80. The molecule has 0 aromatic carbocycles. The van der Waals surface area contributed by atoms with Crippen LogP contribution < -0.4 is 0 Å². The number of hydrogen-bond donors (Lipinski definition) is 0. The van der Waals surface area contributed by atoms with Gasteiger partial charge in [-0.25, -0.2) is 0 Å². The molecule has 0 aromatic rings. The second kappa shape index (κ2) is 4.72. The summed E-state index contributed by atoms with van der Waals surface area (Å²) in [5.41, 5.74) is -0.331. The zero-order chi connectivity index (χ0) is 11.5. The van der Waals surface area contributed by atoms with E-state index >= 15 is 0 Å². The average Bonchev–Trinajstić information content (AvgIpc) is 1.96. The van der Waals surface area contributed by atoms with Crippen molar-refractivity contribution in [2.75, 3.05) is 0 Å². The van der Waals surface area contributed by atoms with Crippen molar-refractivity contribution in [1.29, 1.82) is 0 Å². The molecule has 0 radical (unpaired) electrons. The molecule has 82 valence electrons. The molecule has 0 spiro atoms. The molecule has 2 nitrogen and oxygen atoms in total. The van der Waals surface area contributed by atoms with Gasteiger partial charge in [0, 0.05) is 17.8 Å². The quantitative estimate of drug-likeness (QED) is 0.696. The van der Waals surface area contributed by atoms with E-state index in [-0.39, 0.29) is 28.8 Å². The smallest absolute Gasteiger partial charge is 0.138 e. The van der Waals surface area contributed by atoms with E-state index in [0.717, 1.165) is 0 Å². The van der Waals surface area contributed by atoms with Gasteiger partial charge in [0.05, 0.1) is 0 Å². The van der Waals surface area contributed by atoms with Gasteiger partial charge in [0.2, 0.25) is 0 Å². The molecule has 0 fully saturated rings. The Morgan fingerprint density at radius 2 is 1.57 bits per heavy atom. The highest BCUT2D eigenvalue weighted by molar-refractivity contribution is 5.89. The van der Waals surface area contributed by atoms with Crippen molar-refractivity contribution in [3.05, 3.63) is 0 Å². The van der Waals surface area contributed by atoms with Crippen molar-refractivity contribution in [1.82, 2.24) is 0 Å². The first-order valence-electron chi connectivity index (χ1n) is 5.20. The lowest BCUT2D eigenvalue weighted by Gasteiger charge is -2.22. The molecule has 0 saturated heterocycles.